The average molecular weight is 355 g/mol. The molecule has 1 atom stereocenters. The fourth-order valence-corrected chi connectivity index (χ4v) is 1.99. The molecule has 1 aromatic carbocycles. The van der Waals surface area contributed by atoms with Crippen LogP contribution in [0.25, 0.3) is 0 Å². The molecule has 0 fully saturated rings. The van der Waals surface area contributed by atoms with Gasteiger partial charge in [0, 0.05) is 11.6 Å². The Morgan fingerprint density at radius 2 is 1.60 bits per heavy atom. The number of methoxy groups -OCH3 is 2. The smallest absolute Gasteiger partial charge is 0.408 e. The van der Waals surface area contributed by atoms with Crippen LogP contribution in [0.1, 0.15) is 25.8 Å². The Morgan fingerprint density at radius 3 is 2.00 bits per heavy atom. The van der Waals surface area contributed by atoms with Gasteiger partial charge in [-0.3, -0.25) is 4.79 Å². The second-order valence-corrected chi connectivity index (χ2v) is 5.63. The van der Waals surface area contributed by atoms with Crippen molar-refractivity contribution in [3.8, 4) is 11.5 Å². The molecule has 1 aromatic rings. The van der Waals surface area contributed by atoms with E-state index >= 15 is 0 Å². The number of carbonyl (C=O) groups excluding carboxylic acids is 1. The lowest BCUT2D eigenvalue weighted by atomic mass is 9.97. The molecule has 0 aliphatic heterocycles. The first-order valence-corrected chi connectivity index (χ1v) is 7.26. The third-order valence-corrected chi connectivity index (χ3v) is 3.36. The van der Waals surface area contributed by atoms with E-state index in [4.69, 9.17) is 24.4 Å². The summed E-state index contributed by atoms with van der Waals surface area (Å²) < 4.78 is 15.6. The highest BCUT2D eigenvalue weighted by molar-refractivity contribution is 5.84. The summed E-state index contributed by atoms with van der Waals surface area (Å²) in [4.78, 5) is 33.7. The Bertz CT molecular complexity index is 633. The van der Waals surface area contributed by atoms with Crippen LogP contribution < -0.4 is 14.8 Å². The number of ether oxygens (including phenoxy) is 3. The fourth-order valence-electron chi connectivity index (χ4n) is 1.99. The van der Waals surface area contributed by atoms with Crippen LogP contribution in [0.2, 0.25) is 0 Å². The molecule has 138 valence electrons. The minimum absolute atomic E-state index is 0.487. The number of hydrogen-bond donors (Lipinski definition) is 3. The lowest BCUT2D eigenvalue weighted by molar-refractivity contribution is -0.145. The molecular weight excluding hydrogens is 334 g/mol. The highest BCUT2D eigenvalue weighted by Gasteiger charge is 2.30. The van der Waals surface area contributed by atoms with Crippen molar-refractivity contribution in [2.75, 3.05) is 14.2 Å². The van der Waals surface area contributed by atoms with Gasteiger partial charge in [-0.2, -0.15) is 0 Å². The summed E-state index contributed by atoms with van der Waals surface area (Å²) in [6, 6.07) is 3.33. The predicted octanol–water partition coefficient (Wildman–Crippen LogP) is 1.59. The largest absolute Gasteiger partial charge is 0.497 e. The van der Waals surface area contributed by atoms with Gasteiger partial charge in [0.05, 0.1) is 20.6 Å². The average Bonchev–Trinajstić information content (AvgIpc) is 2.52. The zero-order valence-electron chi connectivity index (χ0n) is 14.4. The quantitative estimate of drug-likeness (QED) is 0.640. The highest BCUT2D eigenvalue weighted by Crippen LogP contribution is 2.32. The Hall–Kier alpha value is -2.97. The van der Waals surface area contributed by atoms with E-state index in [0.717, 1.165) is 0 Å². The Labute approximate surface area is 144 Å². The third kappa shape index (κ3) is 5.87. The molecule has 9 heteroatoms. The number of aliphatic carboxylic acids is 2. The number of carboxylic acid groups (broad SMARTS) is 2. The standard InChI is InChI=1S/C16H21NO8/c1-16(2,9-5-10(23-3)7-11(6-9)24-4)25-15(22)17-12(14(20)21)8-13(18)19/h5-7,12H,8H2,1-4H3,(H,17,22)(H,18,19)(H,20,21). The molecule has 0 bridgehead atoms. The first-order chi connectivity index (χ1) is 11.6. The maximum Gasteiger partial charge on any atom is 0.408 e. The van der Waals surface area contributed by atoms with Crippen molar-refractivity contribution < 1.29 is 38.8 Å². The Balaban J connectivity index is 2.94. The van der Waals surface area contributed by atoms with Crippen LogP contribution in [-0.2, 0) is 19.9 Å². The number of rotatable bonds is 8. The molecule has 0 aromatic heterocycles. The molecule has 0 aliphatic carbocycles. The van der Waals surface area contributed by atoms with Crippen molar-refractivity contribution in [3.05, 3.63) is 23.8 Å². The Kier molecular flexibility index (Phi) is 6.60. The number of hydrogen-bond acceptors (Lipinski definition) is 6. The second kappa shape index (κ2) is 8.22. The van der Waals surface area contributed by atoms with Crippen LogP contribution in [0.4, 0.5) is 4.79 Å². The third-order valence-electron chi connectivity index (χ3n) is 3.36. The van der Waals surface area contributed by atoms with Crippen molar-refractivity contribution in [2.24, 2.45) is 0 Å². The van der Waals surface area contributed by atoms with E-state index in [1.807, 2.05) is 5.32 Å². The summed E-state index contributed by atoms with van der Waals surface area (Å²) in [5, 5.41) is 19.7. The maximum absolute atomic E-state index is 12.0. The van der Waals surface area contributed by atoms with Crippen LogP contribution in [0, 0.1) is 0 Å². The molecule has 0 aliphatic rings. The molecule has 1 unspecified atom stereocenters. The summed E-state index contributed by atoms with van der Waals surface area (Å²) in [7, 11) is 2.95. The van der Waals surface area contributed by atoms with Gasteiger partial charge in [-0.15, -0.1) is 0 Å². The zero-order chi connectivity index (χ0) is 19.2. The lowest BCUT2D eigenvalue weighted by Gasteiger charge is -2.27. The predicted molar refractivity (Wildman–Crippen MR) is 85.9 cm³/mol. The van der Waals surface area contributed by atoms with Crippen LogP contribution >= 0.6 is 0 Å². The zero-order valence-corrected chi connectivity index (χ0v) is 14.4. The first kappa shape index (κ1) is 20.1. The van der Waals surface area contributed by atoms with Gasteiger partial charge in [-0.25, -0.2) is 9.59 Å². The van der Waals surface area contributed by atoms with E-state index in [9.17, 15) is 14.4 Å². The van der Waals surface area contributed by atoms with Gasteiger partial charge in [-0.05, 0) is 26.0 Å². The van der Waals surface area contributed by atoms with Gasteiger partial charge < -0.3 is 29.7 Å². The van der Waals surface area contributed by atoms with Crippen LogP contribution in [0.5, 0.6) is 11.5 Å². The minimum Gasteiger partial charge on any atom is -0.497 e. The van der Waals surface area contributed by atoms with E-state index in [1.165, 1.54) is 14.2 Å². The van der Waals surface area contributed by atoms with E-state index in [-0.39, 0.29) is 0 Å². The normalized spacial score (nSPS) is 12.0. The van der Waals surface area contributed by atoms with E-state index in [1.54, 1.807) is 32.0 Å². The van der Waals surface area contributed by atoms with Gasteiger partial charge in [0.1, 0.15) is 23.1 Å². The van der Waals surface area contributed by atoms with E-state index < -0.39 is 36.1 Å². The molecule has 0 radical (unpaired) electrons. The van der Waals surface area contributed by atoms with E-state index in [0.29, 0.717) is 17.1 Å². The van der Waals surface area contributed by atoms with Gasteiger partial charge in [0.25, 0.3) is 0 Å². The van der Waals surface area contributed by atoms with Crippen molar-refractivity contribution >= 4 is 18.0 Å². The molecule has 3 N–H and O–H groups in total. The van der Waals surface area contributed by atoms with Gasteiger partial charge in [0.15, 0.2) is 0 Å². The Morgan fingerprint density at radius 1 is 1.08 bits per heavy atom. The number of carboxylic acids is 2. The molecule has 0 saturated heterocycles. The summed E-state index contributed by atoms with van der Waals surface area (Å²) in [5.41, 5.74) is -0.609. The minimum atomic E-state index is -1.60. The summed E-state index contributed by atoms with van der Waals surface area (Å²) >= 11 is 0. The van der Waals surface area contributed by atoms with Crippen LogP contribution in [0.3, 0.4) is 0 Å². The molecule has 9 nitrogen and oxygen atoms in total. The van der Waals surface area contributed by atoms with Crippen molar-refractivity contribution in [1.82, 2.24) is 5.32 Å². The molecular formula is C16H21NO8. The van der Waals surface area contributed by atoms with E-state index in [2.05, 4.69) is 0 Å². The number of amides is 1. The number of carbonyl (C=O) groups is 3. The molecule has 1 amide bonds. The fraction of sp³-hybridized carbons (Fsp3) is 0.438. The molecule has 0 spiro atoms. The molecule has 0 saturated carbocycles. The summed E-state index contributed by atoms with van der Waals surface area (Å²) in [5.74, 6) is -1.86. The molecule has 0 heterocycles. The molecule has 25 heavy (non-hydrogen) atoms. The molecule has 1 rings (SSSR count). The highest BCUT2D eigenvalue weighted by atomic mass is 16.6. The number of alkyl carbamates (subject to hydrolysis) is 1. The maximum atomic E-state index is 12.0. The lowest BCUT2D eigenvalue weighted by Crippen LogP contribution is -2.44. The monoisotopic (exact) mass is 355 g/mol. The van der Waals surface area contributed by atoms with Crippen LogP contribution in [-0.4, -0.2) is 48.5 Å². The summed E-state index contributed by atoms with van der Waals surface area (Å²) in [6.45, 7) is 3.18. The topological polar surface area (TPSA) is 131 Å². The first-order valence-electron chi connectivity index (χ1n) is 7.26. The van der Waals surface area contributed by atoms with Gasteiger partial charge in [0.2, 0.25) is 0 Å². The second-order valence-electron chi connectivity index (χ2n) is 5.63. The summed E-state index contributed by atoms with van der Waals surface area (Å²) in [6.07, 6.45) is -1.82. The van der Waals surface area contributed by atoms with Crippen LogP contribution in [0.15, 0.2) is 18.2 Å². The number of benzene rings is 1. The van der Waals surface area contributed by atoms with Gasteiger partial charge in [-0.1, -0.05) is 0 Å². The van der Waals surface area contributed by atoms with Gasteiger partial charge >= 0.3 is 18.0 Å². The van der Waals surface area contributed by atoms with Crippen molar-refractivity contribution in [2.45, 2.75) is 31.9 Å². The van der Waals surface area contributed by atoms with Crippen molar-refractivity contribution in [1.29, 1.82) is 0 Å². The number of nitrogens with one attached hydrogen (secondary N) is 1. The van der Waals surface area contributed by atoms with Crippen molar-refractivity contribution in [3.63, 3.8) is 0 Å². The SMILES string of the molecule is COc1cc(OC)cc(C(C)(C)OC(=O)NC(CC(=O)O)C(=O)O)c1.